The second kappa shape index (κ2) is 4.97. The Bertz CT molecular complexity index is 371. The molecule has 14 heavy (non-hydrogen) atoms. The van der Waals surface area contributed by atoms with Crippen LogP contribution in [0, 0.1) is 17.1 Å². The van der Waals surface area contributed by atoms with Gasteiger partial charge in [-0.25, -0.2) is 4.39 Å². The Morgan fingerprint density at radius 2 is 2.21 bits per heavy atom. The maximum absolute atomic E-state index is 13.0. The van der Waals surface area contributed by atoms with Gasteiger partial charge in [0, 0.05) is 6.54 Å². The van der Waals surface area contributed by atoms with Crippen molar-refractivity contribution < 1.29 is 9.18 Å². The van der Waals surface area contributed by atoms with Crippen molar-refractivity contribution in [1.82, 2.24) is 5.32 Å². The smallest absolute Gasteiger partial charge is 0.254 e. The van der Waals surface area contributed by atoms with Gasteiger partial charge in [0.15, 0.2) is 0 Å². The van der Waals surface area contributed by atoms with Crippen molar-refractivity contribution in [3.63, 3.8) is 0 Å². The van der Waals surface area contributed by atoms with Crippen LogP contribution in [0.3, 0.4) is 0 Å². The Morgan fingerprint density at radius 1 is 1.50 bits per heavy atom. The van der Waals surface area contributed by atoms with E-state index in [1.54, 1.807) is 6.07 Å². The summed E-state index contributed by atoms with van der Waals surface area (Å²) in [6.45, 7) is 0.240. The van der Waals surface area contributed by atoms with Crippen LogP contribution in [0.1, 0.15) is 16.8 Å². The van der Waals surface area contributed by atoms with Crippen LogP contribution < -0.4 is 5.32 Å². The van der Waals surface area contributed by atoms with E-state index in [0.29, 0.717) is 0 Å². The lowest BCUT2D eigenvalue weighted by Crippen LogP contribution is -2.25. The lowest BCUT2D eigenvalue weighted by atomic mass is 10.2. The molecule has 1 aromatic rings. The molecule has 0 aromatic heterocycles. The Labute approximate surface area is 81.2 Å². The quantitative estimate of drug-likeness (QED) is 0.737. The number of benzene rings is 1. The number of rotatable bonds is 3. The lowest BCUT2D eigenvalue weighted by molar-refractivity contribution is 0.0950. The van der Waals surface area contributed by atoms with Crippen molar-refractivity contribution in [2.45, 2.75) is 6.42 Å². The van der Waals surface area contributed by atoms with Crippen LogP contribution in [0.5, 0.6) is 0 Å². The zero-order valence-corrected chi connectivity index (χ0v) is 7.46. The first kappa shape index (κ1) is 10.2. The third-order valence-electron chi connectivity index (χ3n) is 1.64. The Hall–Kier alpha value is -1.89. The van der Waals surface area contributed by atoms with E-state index in [-0.39, 0.29) is 18.5 Å². The minimum atomic E-state index is -0.554. The molecule has 1 rings (SSSR count). The molecule has 0 saturated heterocycles. The summed E-state index contributed by atoms with van der Waals surface area (Å²) in [7, 11) is 0. The molecule has 0 fully saturated rings. The average Bonchev–Trinajstić information content (AvgIpc) is 2.18. The zero-order valence-electron chi connectivity index (χ0n) is 7.46. The average molecular weight is 192 g/mol. The van der Waals surface area contributed by atoms with Crippen LogP contribution in [-0.4, -0.2) is 12.5 Å². The van der Waals surface area contributed by atoms with E-state index in [0.717, 1.165) is 0 Å². The fraction of sp³-hybridized carbons (Fsp3) is 0.200. The van der Waals surface area contributed by atoms with Crippen LogP contribution in [0.25, 0.3) is 0 Å². The van der Waals surface area contributed by atoms with Gasteiger partial charge in [0.1, 0.15) is 5.82 Å². The molecule has 0 atom stereocenters. The molecular weight excluding hydrogens is 183 g/mol. The van der Waals surface area contributed by atoms with Gasteiger partial charge in [0.2, 0.25) is 0 Å². The number of amides is 1. The monoisotopic (exact) mass is 192 g/mol. The van der Waals surface area contributed by atoms with Crippen LogP contribution in [-0.2, 0) is 0 Å². The molecule has 1 N–H and O–H groups in total. The van der Waals surface area contributed by atoms with Gasteiger partial charge in [-0.3, -0.25) is 4.79 Å². The summed E-state index contributed by atoms with van der Waals surface area (Å²) in [5, 5.41) is 10.7. The van der Waals surface area contributed by atoms with Gasteiger partial charge in [0.05, 0.1) is 18.1 Å². The van der Waals surface area contributed by atoms with Crippen molar-refractivity contribution in [2.24, 2.45) is 0 Å². The Kier molecular flexibility index (Phi) is 3.62. The maximum Gasteiger partial charge on any atom is 0.254 e. The third-order valence-corrected chi connectivity index (χ3v) is 1.64. The topological polar surface area (TPSA) is 52.9 Å². The van der Waals surface area contributed by atoms with E-state index in [9.17, 15) is 9.18 Å². The summed E-state index contributed by atoms with van der Waals surface area (Å²) in [4.78, 5) is 11.3. The van der Waals surface area contributed by atoms with E-state index in [1.807, 2.05) is 6.07 Å². The second-order valence-electron chi connectivity index (χ2n) is 2.64. The molecule has 0 unspecified atom stereocenters. The number of carbonyl (C=O) groups is 1. The molecule has 0 saturated carbocycles. The van der Waals surface area contributed by atoms with Gasteiger partial charge in [-0.1, -0.05) is 12.1 Å². The molecule has 0 bridgehead atoms. The molecule has 1 aromatic carbocycles. The summed E-state index contributed by atoms with van der Waals surface area (Å²) in [6, 6.07) is 7.60. The standard InChI is InChI=1S/C10H9FN2O/c11-9-5-2-1-4-8(9)10(14)13-7-3-6-12/h1-2,4-5H,3,7H2,(H,13,14). The Balaban J connectivity index is 2.62. The first-order chi connectivity index (χ1) is 6.75. The van der Waals surface area contributed by atoms with Crippen molar-refractivity contribution in [1.29, 1.82) is 5.26 Å². The summed E-state index contributed by atoms with van der Waals surface area (Å²) >= 11 is 0. The largest absolute Gasteiger partial charge is 0.351 e. The summed E-state index contributed by atoms with van der Waals surface area (Å²) in [5.74, 6) is -1.04. The molecular formula is C10H9FN2O. The van der Waals surface area contributed by atoms with Gasteiger partial charge in [-0.15, -0.1) is 0 Å². The number of hydrogen-bond acceptors (Lipinski definition) is 2. The molecule has 0 aliphatic rings. The van der Waals surface area contributed by atoms with E-state index in [4.69, 9.17) is 5.26 Å². The summed E-state index contributed by atoms with van der Waals surface area (Å²) in [5.41, 5.74) is 0.00504. The van der Waals surface area contributed by atoms with Gasteiger partial charge >= 0.3 is 0 Å². The number of halogens is 1. The van der Waals surface area contributed by atoms with Gasteiger partial charge < -0.3 is 5.32 Å². The molecule has 0 aliphatic heterocycles. The van der Waals surface area contributed by atoms with E-state index < -0.39 is 11.7 Å². The first-order valence-corrected chi connectivity index (χ1v) is 4.15. The minimum absolute atomic E-state index is 0.00504. The highest BCUT2D eigenvalue weighted by atomic mass is 19.1. The highest BCUT2D eigenvalue weighted by Crippen LogP contribution is 2.05. The van der Waals surface area contributed by atoms with Crippen LogP contribution >= 0.6 is 0 Å². The SMILES string of the molecule is N#CCCNC(=O)c1ccccc1F. The third kappa shape index (κ3) is 2.56. The molecule has 4 heteroatoms. The van der Waals surface area contributed by atoms with Gasteiger partial charge in [-0.05, 0) is 12.1 Å². The predicted octanol–water partition coefficient (Wildman–Crippen LogP) is 1.47. The van der Waals surface area contributed by atoms with E-state index >= 15 is 0 Å². The second-order valence-corrected chi connectivity index (χ2v) is 2.64. The summed E-state index contributed by atoms with van der Waals surface area (Å²) in [6.07, 6.45) is 0.222. The van der Waals surface area contributed by atoms with Crippen molar-refractivity contribution in [3.8, 4) is 6.07 Å². The fourth-order valence-corrected chi connectivity index (χ4v) is 0.973. The van der Waals surface area contributed by atoms with Crippen LogP contribution in [0.4, 0.5) is 4.39 Å². The predicted molar refractivity (Wildman–Crippen MR) is 49.0 cm³/mol. The minimum Gasteiger partial charge on any atom is -0.351 e. The van der Waals surface area contributed by atoms with Crippen molar-refractivity contribution in [2.75, 3.05) is 6.54 Å². The number of hydrogen-bond donors (Lipinski definition) is 1. The van der Waals surface area contributed by atoms with E-state index in [2.05, 4.69) is 5.32 Å². The number of nitrogens with zero attached hydrogens (tertiary/aromatic N) is 1. The molecule has 0 radical (unpaired) electrons. The highest BCUT2D eigenvalue weighted by Gasteiger charge is 2.08. The fourth-order valence-electron chi connectivity index (χ4n) is 0.973. The lowest BCUT2D eigenvalue weighted by Gasteiger charge is -2.02. The van der Waals surface area contributed by atoms with E-state index in [1.165, 1.54) is 18.2 Å². The number of nitrogens with one attached hydrogen (secondary N) is 1. The molecule has 0 heterocycles. The number of carbonyl (C=O) groups excluding carboxylic acids is 1. The molecule has 0 aliphatic carbocycles. The highest BCUT2D eigenvalue weighted by molar-refractivity contribution is 5.94. The molecule has 72 valence electrons. The summed E-state index contributed by atoms with van der Waals surface area (Å²) < 4.78 is 13.0. The Morgan fingerprint density at radius 3 is 2.86 bits per heavy atom. The van der Waals surface area contributed by atoms with Gasteiger partial charge in [-0.2, -0.15) is 5.26 Å². The van der Waals surface area contributed by atoms with Gasteiger partial charge in [0.25, 0.3) is 5.91 Å². The maximum atomic E-state index is 13.0. The van der Waals surface area contributed by atoms with Crippen molar-refractivity contribution in [3.05, 3.63) is 35.6 Å². The molecule has 1 amide bonds. The molecule has 0 spiro atoms. The normalized spacial score (nSPS) is 9.14. The zero-order chi connectivity index (χ0) is 10.4. The van der Waals surface area contributed by atoms with Crippen molar-refractivity contribution >= 4 is 5.91 Å². The number of nitriles is 1. The molecule has 3 nitrogen and oxygen atoms in total. The van der Waals surface area contributed by atoms with Crippen LogP contribution in [0.2, 0.25) is 0 Å². The van der Waals surface area contributed by atoms with Crippen LogP contribution in [0.15, 0.2) is 24.3 Å². The first-order valence-electron chi connectivity index (χ1n) is 4.15.